The summed E-state index contributed by atoms with van der Waals surface area (Å²) in [5, 5.41) is 1.35. The Hall–Kier alpha value is -0.441. The molecule has 0 aliphatic rings. The molecule has 2 heteroatoms. The van der Waals surface area contributed by atoms with Crippen LogP contribution in [0.2, 0.25) is 0 Å². The number of fused-ring (bicyclic) bond motifs is 1. The summed E-state index contributed by atoms with van der Waals surface area (Å²) >= 11 is 1.42. The van der Waals surface area contributed by atoms with Crippen LogP contribution in [-0.2, 0) is 0 Å². The van der Waals surface area contributed by atoms with Gasteiger partial charge in [-0.15, -0.1) is 0 Å². The molecule has 0 spiro atoms. The molecule has 0 saturated heterocycles. The first-order chi connectivity index (χ1) is 5.27. The predicted octanol–water partition coefficient (Wildman–Crippen LogP) is 1.88. The fourth-order valence-electron chi connectivity index (χ4n) is 1.26. The van der Waals surface area contributed by atoms with Gasteiger partial charge in [-0.05, 0) is 0 Å². The molecule has 1 heterocycles. The Morgan fingerprint density at radius 1 is 1.27 bits per heavy atom. The second-order valence-corrected chi connectivity index (χ2v) is 4.12. The number of rotatable bonds is 0. The van der Waals surface area contributed by atoms with Crippen LogP contribution in [0.25, 0.3) is 10.9 Å². The minimum atomic E-state index is 1.33. The quantitative estimate of drug-likeness (QED) is 0.628. The van der Waals surface area contributed by atoms with E-state index in [1.54, 1.807) is 0 Å². The van der Waals surface area contributed by atoms with Crippen molar-refractivity contribution in [1.29, 1.82) is 0 Å². The van der Waals surface area contributed by atoms with Crippen LogP contribution in [-0.4, -0.2) is 25.6 Å². The SMILES string of the molecule is Cc1ccc2c(cc[n]2[Sn])c1. The van der Waals surface area contributed by atoms with Crippen LogP contribution >= 0.6 is 0 Å². The Labute approximate surface area is 79.5 Å². The first-order valence-electron chi connectivity index (χ1n) is 3.57. The average molecular weight is 249 g/mol. The monoisotopic (exact) mass is 250 g/mol. The molecule has 53 valence electrons. The standard InChI is InChI=1S/C9H8N.Sn/c1-7-2-3-9-8(6-7)4-5-10-9;/h2-6H,1H3;/q-1;+1. The Morgan fingerprint density at radius 2 is 2.09 bits per heavy atom. The number of aryl methyl sites for hydroxylation is 1. The molecular formula is C9H8NSn. The van der Waals surface area contributed by atoms with Gasteiger partial charge in [-0.3, -0.25) is 0 Å². The van der Waals surface area contributed by atoms with Crippen molar-refractivity contribution in [2.24, 2.45) is 0 Å². The molecule has 0 fully saturated rings. The van der Waals surface area contributed by atoms with Crippen molar-refractivity contribution in [2.75, 3.05) is 0 Å². The van der Waals surface area contributed by atoms with Crippen molar-refractivity contribution in [2.45, 2.75) is 6.92 Å². The molecule has 1 aromatic heterocycles. The van der Waals surface area contributed by atoms with Gasteiger partial charge in [0, 0.05) is 0 Å². The van der Waals surface area contributed by atoms with Crippen LogP contribution in [0.1, 0.15) is 5.56 Å². The van der Waals surface area contributed by atoms with Crippen molar-refractivity contribution in [3.63, 3.8) is 0 Å². The second-order valence-electron chi connectivity index (χ2n) is 2.75. The van der Waals surface area contributed by atoms with E-state index >= 15 is 0 Å². The van der Waals surface area contributed by atoms with Crippen LogP contribution in [0.3, 0.4) is 0 Å². The van der Waals surface area contributed by atoms with Gasteiger partial charge in [-0.2, -0.15) is 0 Å². The topological polar surface area (TPSA) is 4.93 Å². The van der Waals surface area contributed by atoms with Gasteiger partial charge in [-0.1, -0.05) is 0 Å². The van der Waals surface area contributed by atoms with Gasteiger partial charge >= 0.3 is 79.4 Å². The van der Waals surface area contributed by atoms with Crippen molar-refractivity contribution in [1.82, 2.24) is 2.79 Å². The Bertz CT molecular complexity index is 389. The maximum atomic E-state index is 2.22. The van der Waals surface area contributed by atoms with E-state index < -0.39 is 0 Å². The molecule has 0 aliphatic heterocycles. The van der Waals surface area contributed by atoms with Gasteiger partial charge in [0.1, 0.15) is 0 Å². The van der Waals surface area contributed by atoms with E-state index in [-0.39, 0.29) is 0 Å². The third-order valence-electron chi connectivity index (χ3n) is 1.85. The summed E-state index contributed by atoms with van der Waals surface area (Å²) in [6.07, 6.45) is 2.13. The van der Waals surface area contributed by atoms with Gasteiger partial charge in [0.15, 0.2) is 0 Å². The summed E-state index contributed by atoms with van der Waals surface area (Å²) in [7, 11) is 0. The van der Waals surface area contributed by atoms with Crippen LogP contribution in [0.15, 0.2) is 30.5 Å². The Morgan fingerprint density at radius 3 is 2.91 bits per heavy atom. The van der Waals surface area contributed by atoms with E-state index in [9.17, 15) is 0 Å². The molecule has 0 atom stereocenters. The summed E-state index contributed by atoms with van der Waals surface area (Å²) < 4.78 is 2.22. The molecule has 0 aliphatic carbocycles. The molecule has 0 saturated carbocycles. The minimum absolute atomic E-state index is 1.33. The van der Waals surface area contributed by atoms with E-state index in [0.717, 1.165) is 0 Å². The maximum absolute atomic E-state index is 2.22. The Kier molecular flexibility index (Phi) is 1.68. The normalized spacial score (nSPS) is 10.7. The average Bonchev–Trinajstić information content (AvgIpc) is 2.32. The van der Waals surface area contributed by atoms with E-state index in [1.807, 2.05) is 0 Å². The van der Waals surface area contributed by atoms with Gasteiger partial charge < -0.3 is 0 Å². The van der Waals surface area contributed by atoms with Gasteiger partial charge in [0.05, 0.1) is 0 Å². The van der Waals surface area contributed by atoms with E-state index in [4.69, 9.17) is 0 Å². The summed E-state index contributed by atoms with van der Waals surface area (Å²) in [6, 6.07) is 8.72. The number of hydrogen-bond donors (Lipinski definition) is 0. The third-order valence-corrected chi connectivity index (χ3v) is 2.96. The van der Waals surface area contributed by atoms with Crippen LogP contribution < -0.4 is 0 Å². The number of benzene rings is 1. The summed E-state index contributed by atoms with van der Waals surface area (Å²) in [5.74, 6) is 0. The van der Waals surface area contributed by atoms with Crippen LogP contribution in [0.4, 0.5) is 0 Å². The first-order valence-corrected chi connectivity index (χ1v) is 4.84. The first kappa shape index (κ1) is 7.22. The zero-order valence-electron chi connectivity index (χ0n) is 6.33. The van der Waals surface area contributed by atoms with Crippen LogP contribution in [0.5, 0.6) is 0 Å². The molecular weight excluding hydrogens is 241 g/mol. The second kappa shape index (κ2) is 2.55. The molecule has 0 N–H and O–H groups in total. The van der Waals surface area contributed by atoms with Crippen molar-refractivity contribution in [3.05, 3.63) is 36.0 Å². The number of nitrogens with zero attached hydrogens (tertiary/aromatic N) is 1. The molecule has 0 bridgehead atoms. The Balaban J connectivity index is 2.86. The van der Waals surface area contributed by atoms with Gasteiger partial charge in [0.25, 0.3) is 0 Å². The molecule has 2 rings (SSSR count). The van der Waals surface area contributed by atoms with E-state index in [0.29, 0.717) is 0 Å². The number of hydrogen-bond acceptors (Lipinski definition) is 0. The summed E-state index contributed by atoms with van der Waals surface area (Å²) in [6.45, 7) is 2.12. The van der Waals surface area contributed by atoms with Gasteiger partial charge in [0.2, 0.25) is 0 Å². The zero-order chi connectivity index (χ0) is 7.84. The van der Waals surface area contributed by atoms with Crippen molar-refractivity contribution >= 4 is 33.7 Å². The molecule has 1 aromatic carbocycles. The predicted molar refractivity (Wildman–Crippen MR) is 47.8 cm³/mol. The van der Waals surface area contributed by atoms with Gasteiger partial charge in [-0.25, -0.2) is 0 Å². The van der Waals surface area contributed by atoms with E-state index in [2.05, 4.69) is 40.2 Å². The molecule has 2 aromatic rings. The summed E-state index contributed by atoms with van der Waals surface area (Å²) in [5.41, 5.74) is 2.67. The third kappa shape index (κ3) is 1.18. The molecule has 0 amide bonds. The molecule has 0 unspecified atom stereocenters. The van der Waals surface area contributed by atoms with E-state index in [1.165, 1.54) is 39.3 Å². The molecule has 11 heavy (non-hydrogen) atoms. The van der Waals surface area contributed by atoms with Crippen molar-refractivity contribution in [3.8, 4) is 0 Å². The fraction of sp³-hybridized carbons (Fsp3) is 0.111. The fourth-order valence-corrected chi connectivity index (χ4v) is 2.06. The molecule has 3 radical (unpaired) electrons. The van der Waals surface area contributed by atoms with Crippen LogP contribution in [0, 0.1) is 6.92 Å². The van der Waals surface area contributed by atoms with Crippen molar-refractivity contribution < 1.29 is 0 Å². The number of aromatic nitrogens is 1. The summed E-state index contributed by atoms with van der Waals surface area (Å²) in [4.78, 5) is 0. The zero-order valence-corrected chi connectivity index (χ0v) is 9.19. The molecule has 1 nitrogen and oxygen atoms in total.